The van der Waals surface area contributed by atoms with Gasteiger partial charge in [-0.2, -0.15) is 0 Å². The van der Waals surface area contributed by atoms with Crippen molar-refractivity contribution in [2.45, 2.75) is 19.5 Å². The summed E-state index contributed by atoms with van der Waals surface area (Å²) in [5, 5.41) is 5.66. The summed E-state index contributed by atoms with van der Waals surface area (Å²) in [4.78, 5) is 11.7. The Balaban J connectivity index is 1.66. The van der Waals surface area contributed by atoms with Crippen molar-refractivity contribution in [3.63, 3.8) is 0 Å². The SMILES string of the molecule is O=C(CCNCc1ccccc1F)NCc1ccccc1F. The van der Waals surface area contributed by atoms with Gasteiger partial charge in [0.15, 0.2) is 0 Å². The van der Waals surface area contributed by atoms with E-state index in [9.17, 15) is 13.6 Å². The normalized spacial score (nSPS) is 10.5. The van der Waals surface area contributed by atoms with Crippen LogP contribution in [-0.4, -0.2) is 12.5 Å². The monoisotopic (exact) mass is 304 g/mol. The van der Waals surface area contributed by atoms with Gasteiger partial charge in [0.05, 0.1) is 0 Å². The van der Waals surface area contributed by atoms with Crippen LogP contribution >= 0.6 is 0 Å². The van der Waals surface area contributed by atoms with Gasteiger partial charge in [-0.3, -0.25) is 4.79 Å². The molecular weight excluding hydrogens is 286 g/mol. The van der Waals surface area contributed by atoms with Crippen molar-refractivity contribution in [3.05, 3.63) is 71.3 Å². The predicted molar refractivity (Wildman–Crippen MR) is 81.0 cm³/mol. The zero-order valence-electron chi connectivity index (χ0n) is 12.1. The molecule has 3 nitrogen and oxygen atoms in total. The Morgan fingerprint density at radius 3 is 2.00 bits per heavy atom. The van der Waals surface area contributed by atoms with Crippen molar-refractivity contribution in [1.29, 1.82) is 0 Å². The molecule has 2 aromatic carbocycles. The zero-order chi connectivity index (χ0) is 15.8. The van der Waals surface area contributed by atoms with Crippen LogP contribution in [0.1, 0.15) is 17.5 Å². The molecule has 2 N–H and O–H groups in total. The van der Waals surface area contributed by atoms with Gasteiger partial charge in [0.2, 0.25) is 5.91 Å². The van der Waals surface area contributed by atoms with E-state index >= 15 is 0 Å². The summed E-state index contributed by atoms with van der Waals surface area (Å²) >= 11 is 0. The second-order valence-corrected chi connectivity index (χ2v) is 4.89. The van der Waals surface area contributed by atoms with E-state index in [0.717, 1.165) is 0 Å². The highest BCUT2D eigenvalue weighted by Gasteiger charge is 2.05. The first kappa shape index (κ1) is 16.1. The van der Waals surface area contributed by atoms with Crippen molar-refractivity contribution in [2.24, 2.45) is 0 Å². The van der Waals surface area contributed by atoms with E-state index in [1.54, 1.807) is 36.4 Å². The largest absolute Gasteiger partial charge is 0.352 e. The smallest absolute Gasteiger partial charge is 0.221 e. The van der Waals surface area contributed by atoms with Crippen molar-refractivity contribution < 1.29 is 13.6 Å². The third-order valence-electron chi connectivity index (χ3n) is 3.24. The number of hydrogen-bond acceptors (Lipinski definition) is 2. The van der Waals surface area contributed by atoms with Gasteiger partial charge in [-0.25, -0.2) is 8.78 Å². The Hall–Kier alpha value is -2.27. The van der Waals surface area contributed by atoms with E-state index < -0.39 is 0 Å². The molecule has 2 rings (SSSR count). The van der Waals surface area contributed by atoms with Crippen molar-refractivity contribution in [2.75, 3.05) is 6.54 Å². The number of carbonyl (C=O) groups excluding carboxylic acids is 1. The molecule has 0 aliphatic heterocycles. The molecule has 0 fully saturated rings. The van der Waals surface area contributed by atoms with Gasteiger partial charge in [0.1, 0.15) is 11.6 Å². The summed E-state index contributed by atoms with van der Waals surface area (Å²) in [6.07, 6.45) is 0.253. The molecule has 0 spiro atoms. The van der Waals surface area contributed by atoms with Crippen LogP contribution in [0.4, 0.5) is 8.78 Å². The third kappa shape index (κ3) is 4.93. The minimum Gasteiger partial charge on any atom is -0.352 e. The Morgan fingerprint density at radius 1 is 0.864 bits per heavy atom. The maximum absolute atomic E-state index is 13.4. The Kier molecular flexibility index (Phi) is 6.03. The molecule has 5 heteroatoms. The van der Waals surface area contributed by atoms with Crippen LogP contribution in [0.25, 0.3) is 0 Å². The summed E-state index contributed by atoms with van der Waals surface area (Å²) < 4.78 is 26.7. The predicted octanol–water partition coefficient (Wildman–Crippen LogP) is 2.76. The fraction of sp³-hybridized carbons (Fsp3) is 0.235. The Morgan fingerprint density at radius 2 is 1.41 bits per heavy atom. The molecule has 1 amide bonds. The molecule has 0 atom stereocenters. The van der Waals surface area contributed by atoms with Crippen molar-refractivity contribution >= 4 is 5.91 Å². The number of hydrogen-bond donors (Lipinski definition) is 2. The van der Waals surface area contributed by atoms with Crippen LogP contribution in [0, 0.1) is 11.6 Å². The first-order valence-electron chi connectivity index (χ1n) is 7.11. The quantitative estimate of drug-likeness (QED) is 0.772. The molecule has 0 aliphatic rings. The molecule has 0 bridgehead atoms. The van der Waals surface area contributed by atoms with Crippen LogP contribution in [0.15, 0.2) is 48.5 Å². The highest BCUT2D eigenvalue weighted by molar-refractivity contribution is 5.76. The lowest BCUT2D eigenvalue weighted by molar-refractivity contribution is -0.121. The van der Waals surface area contributed by atoms with Crippen LogP contribution in [0.2, 0.25) is 0 Å². The van der Waals surface area contributed by atoms with Gasteiger partial charge in [-0.15, -0.1) is 0 Å². The van der Waals surface area contributed by atoms with Crippen LogP contribution in [0.5, 0.6) is 0 Å². The van der Waals surface area contributed by atoms with Crippen molar-refractivity contribution in [3.8, 4) is 0 Å². The summed E-state index contributed by atoms with van der Waals surface area (Å²) in [6, 6.07) is 12.8. The average Bonchev–Trinajstić information content (AvgIpc) is 2.52. The van der Waals surface area contributed by atoms with E-state index in [1.807, 2.05) is 0 Å². The number of rotatable bonds is 7. The molecule has 0 aromatic heterocycles. The number of benzene rings is 2. The minimum atomic E-state index is -0.333. The van der Waals surface area contributed by atoms with E-state index in [-0.39, 0.29) is 30.5 Å². The first-order valence-corrected chi connectivity index (χ1v) is 7.11. The molecule has 0 saturated carbocycles. The van der Waals surface area contributed by atoms with Crippen LogP contribution in [0.3, 0.4) is 0 Å². The van der Waals surface area contributed by atoms with Crippen molar-refractivity contribution in [1.82, 2.24) is 10.6 Å². The Bertz CT molecular complexity index is 632. The number of amides is 1. The topological polar surface area (TPSA) is 41.1 Å². The molecule has 0 radical (unpaired) electrons. The maximum atomic E-state index is 13.4. The molecule has 2 aromatic rings. The van der Waals surface area contributed by atoms with Gasteiger partial charge in [-0.05, 0) is 12.1 Å². The van der Waals surface area contributed by atoms with E-state index in [2.05, 4.69) is 10.6 Å². The molecule has 0 unspecified atom stereocenters. The fourth-order valence-electron chi connectivity index (χ4n) is 1.99. The van der Waals surface area contributed by atoms with Gasteiger partial charge in [-0.1, -0.05) is 36.4 Å². The average molecular weight is 304 g/mol. The minimum absolute atomic E-state index is 0.165. The van der Waals surface area contributed by atoms with E-state index in [4.69, 9.17) is 0 Å². The second-order valence-electron chi connectivity index (χ2n) is 4.89. The van der Waals surface area contributed by atoms with Crippen LogP contribution < -0.4 is 10.6 Å². The lowest BCUT2D eigenvalue weighted by Crippen LogP contribution is -2.27. The molecule has 0 heterocycles. The summed E-state index contributed by atoms with van der Waals surface area (Å²) in [7, 11) is 0. The fourth-order valence-corrected chi connectivity index (χ4v) is 1.99. The second kappa shape index (κ2) is 8.24. The van der Waals surface area contributed by atoms with Crippen LogP contribution in [-0.2, 0) is 17.9 Å². The summed E-state index contributed by atoms with van der Waals surface area (Å²) in [5.74, 6) is -0.774. The van der Waals surface area contributed by atoms with Gasteiger partial charge >= 0.3 is 0 Å². The summed E-state index contributed by atoms with van der Waals surface area (Å²) in [6.45, 7) is 0.962. The first-order chi connectivity index (χ1) is 10.7. The molecule has 116 valence electrons. The molecular formula is C17H18F2N2O. The number of nitrogens with one attached hydrogen (secondary N) is 2. The zero-order valence-corrected chi connectivity index (χ0v) is 12.1. The number of carbonyl (C=O) groups is 1. The maximum Gasteiger partial charge on any atom is 0.221 e. The highest BCUT2D eigenvalue weighted by atomic mass is 19.1. The Labute approximate surface area is 128 Å². The number of halogens is 2. The van der Waals surface area contributed by atoms with Gasteiger partial charge in [0, 0.05) is 37.2 Å². The standard InChI is InChI=1S/C17H18F2N2O/c18-15-7-3-1-5-13(15)11-20-10-9-17(22)21-12-14-6-2-4-8-16(14)19/h1-8,20H,9-12H2,(H,21,22). The lowest BCUT2D eigenvalue weighted by atomic mass is 10.2. The lowest BCUT2D eigenvalue weighted by Gasteiger charge is -2.08. The third-order valence-corrected chi connectivity index (χ3v) is 3.24. The molecule has 0 saturated heterocycles. The molecule has 22 heavy (non-hydrogen) atoms. The highest BCUT2D eigenvalue weighted by Crippen LogP contribution is 2.06. The van der Waals surface area contributed by atoms with E-state index in [0.29, 0.717) is 24.2 Å². The summed E-state index contributed by atoms with van der Waals surface area (Å²) in [5.41, 5.74) is 1.02. The van der Waals surface area contributed by atoms with Gasteiger partial charge < -0.3 is 10.6 Å². The molecule has 0 aliphatic carbocycles. The van der Waals surface area contributed by atoms with E-state index in [1.165, 1.54) is 12.1 Å². The van der Waals surface area contributed by atoms with Gasteiger partial charge in [0.25, 0.3) is 0 Å².